The highest BCUT2D eigenvalue weighted by molar-refractivity contribution is 5.88. The molecule has 0 saturated carbocycles. The van der Waals surface area contributed by atoms with Crippen molar-refractivity contribution in [3.63, 3.8) is 0 Å². The van der Waals surface area contributed by atoms with Gasteiger partial charge in [-0.1, -0.05) is 0 Å². The largest absolute Gasteiger partial charge is 0.497 e. The van der Waals surface area contributed by atoms with Crippen molar-refractivity contribution in [3.05, 3.63) is 41.2 Å². The number of halogens is 6. The molecule has 0 spiro atoms. The summed E-state index contributed by atoms with van der Waals surface area (Å²) in [6.45, 7) is 0. The topological polar surface area (TPSA) is 84.3 Å². The number of methoxy groups -OCH3 is 1. The maximum absolute atomic E-state index is 12.9. The molecule has 0 unspecified atom stereocenters. The first-order chi connectivity index (χ1) is 11.9. The summed E-state index contributed by atoms with van der Waals surface area (Å²) in [6.07, 6.45) is -9.42. The molecule has 0 aliphatic rings. The summed E-state index contributed by atoms with van der Waals surface area (Å²) in [6, 6.07) is 2.39. The molecule has 140 valence electrons. The van der Waals surface area contributed by atoms with Crippen molar-refractivity contribution in [2.75, 3.05) is 12.4 Å². The Morgan fingerprint density at radius 2 is 1.77 bits per heavy atom. The van der Waals surface area contributed by atoms with Crippen molar-refractivity contribution in [2.24, 2.45) is 0 Å². The van der Waals surface area contributed by atoms with E-state index in [9.17, 15) is 31.1 Å². The monoisotopic (exact) mass is 381 g/mol. The molecule has 2 rings (SSSR count). The smallest absolute Gasteiger partial charge is 0.434 e. The normalized spacial score (nSPS) is 12.0. The quantitative estimate of drug-likeness (QED) is 0.780. The SMILES string of the molecule is COc1cc(Nc2ncc(C(=O)O)c(C(F)(F)F)n2)cc(C(F)(F)F)c1. The van der Waals surface area contributed by atoms with Gasteiger partial charge in [-0.25, -0.2) is 14.8 Å². The summed E-state index contributed by atoms with van der Waals surface area (Å²) in [5, 5.41) is 10.9. The predicted molar refractivity (Wildman–Crippen MR) is 75.3 cm³/mol. The second-order valence-corrected chi connectivity index (χ2v) is 4.83. The molecule has 12 heteroatoms. The third kappa shape index (κ3) is 4.32. The summed E-state index contributed by atoms with van der Waals surface area (Å²) in [7, 11) is 1.11. The van der Waals surface area contributed by atoms with Crippen LogP contribution >= 0.6 is 0 Å². The van der Waals surface area contributed by atoms with E-state index in [1.807, 2.05) is 0 Å². The van der Waals surface area contributed by atoms with Crippen molar-refractivity contribution in [2.45, 2.75) is 12.4 Å². The lowest BCUT2D eigenvalue weighted by Gasteiger charge is -2.14. The maximum atomic E-state index is 12.9. The Bertz CT molecular complexity index is 836. The van der Waals surface area contributed by atoms with E-state index in [0.717, 1.165) is 13.2 Å². The number of anilines is 2. The second kappa shape index (κ2) is 6.69. The van der Waals surface area contributed by atoms with Gasteiger partial charge in [0.1, 0.15) is 11.3 Å². The minimum atomic E-state index is -5.10. The third-order valence-electron chi connectivity index (χ3n) is 3.01. The van der Waals surface area contributed by atoms with E-state index < -0.39 is 41.1 Å². The molecule has 0 aliphatic carbocycles. The Morgan fingerprint density at radius 1 is 1.12 bits per heavy atom. The standard InChI is InChI=1S/C14H9F6N3O3/c1-26-8-3-6(13(15,16)17)2-7(4-8)22-12-21-5-9(11(24)25)10(23-12)14(18,19)20/h2-5H,1H3,(H,24,25)(H,21,22,23). The van der Waals surface area contributed by atoms with Gasteiger partial charge >= 0.3 is 18.3 Å². The average Bonchev–Trinajstić information content (AvgIpc) is 2.52. The molecule has 0 fully saturated rings. The minimum absolute atomic E-state index is 0.208. The molecule has 6 nitrogen and oxygen atoms in total. The first kappa shape index (κ1) is 19.3. The number of alkyl halides is 6. The third-order valence-corrected chi connectivity index (χ3v) is 3.01. The van der Waals surface area contributed by atoms with Crippen LogP contribution in [0.5, 0.6) is 5.75 Å². The summed E-state index contributed by atoms with van der Waals surface area (Å²) >= 11 is 0. The molecule has 0 aliphatic heterocycles. The number of hydrogen-bond donors (Lipinski definition) is 2. The molecule has 2 N–H and O–H groups in total. The Labute approximate surface area is 141 Å². The molecule has 0 amide bonds. The van der Waals surface area contributed by atoms with Crippen molar-refractivity contribution < 1.29 is 41.0 Å². The van der Waals surface area contributed by atoms with Crippen LogP contribution in [0, 0.1) is 0 Å². The van der Waals surface area contributed by atoms with Gasteiger partial charge in [-0.3, -0.25) is 0 Å². The number of carboxylic acids is 1. The molecule has 0 atom stereocenters. The van der Waals surface area contributed by atoms with Gasteiger partial charge in [0.2, 0.25) is 5.95 Å². The van der Waals surface area contributed by atoms with E-state index >= 15 is 0 Å². The summed E-state index contributed by atoms with van der Waals surface area (Å²) in [4.78, 5) is 17.3. The number of hydrogen-bond acceptors (Lipinski definition) is 5. The fourth-order valence-corrected chi connectivity index (χ4v) is 1.90. The highest BCUT2D eigenvalue weighted by atomic mass is 19.4. The van der Waals surface area contributed by atoms with E-state index in [2.05, 4.69) is 15.3 Å². The van der Waals surface area contributed by atoms with Crippen LogP contribution in [0.25, 0.3) is 0 Å². The number of benzene rings is 1. The van der Waals surface area contributed by atoms with E-state index in [4.69, 9.17) is 9.84 Å². The van der Waals surface area contributed by atoms with Crippen LogP contribution in [-0.2, 0) is 12.4 Å². The molecule has 1 heterocycles. The molecule has 0 radical (unpaired) electrons. The van der Waals surface area contributed by atoms with Crippen molar-refractivity contribution >= 4 is 17.6 Å². The van der Waals surface area contributed by atoms with Gasteiger partial charge in [-0.15, -0.1) is 0 Å². The fraction of sp³-hybridized carbons (Fsp3) is 0.214. The van der Waals surface area contributed by atoms with Gasteiger partial charge in [-0.2, -0.15) is 26.3 Å². The average molecular weight is 381 g/mol. The molecule has 2 aromatic rings. The fourth-order valence-electron chi connectivity index (χ4n) is 1.90. The zero-order valence-electron chi connectivity index (χ0n) is 12.7. The second-order valence-electron chi connectivity index (χ2n) is 4.83. The van der Waals surface area contributed by atoms with Gasteiger partial charge < -0.3 is 15.2 Å². The zero-order valence-corrected chi connectivity index (χ0v) is 12.7. The maximum Gasteiger partial charge on any atom is 0.434 e. The molecule has 0 bridgehead atoms. The summed E-state index contributed by atoms with van der Waals surface area (Å²) in [5.74, 6) is -2.84. The van der Waals surface area contributed by atoms with Gasteiger partial charge in [0.25, 0.3) is 0 Å². The van der Waals surface area contributed by atoms with Crippen molar-refractivity contribution in [1.29, 1.82) is 0 Å². The van der Waals surface area contributed by atoms with Crippen molar-refractivity contribution in [1.82, 2.24) is 9.97 Å². The number of nitrogens with zero attached hydrogens (tertiary/aromatic N) is 2. The van der Waals surface area contributed by atoms with Crippen LogP contribution in [0.1, 0.15) is 21.6 Å². The Balaban J connectivity index is 2.47. The number of ether oxygens (including phenoxy) is 1. The van der Waals surface area contributed by atoms with E-state index in [1.165, 1.54) is 0 Å². The number of carboxylic acid groups (broad SMARTS) is 1. The van der Waals surface area contributed by atoms with Crippen LogP contribution in [0.3, 0.4) is 0 Å². The van der Waals surface area contributed by atoms with Crippen LogP contribution in [-0.4, -0.2) is 28.2 Å². The number of rotatable bonds is 4. The van der Waals surface area contributed by atoms with Crippen LogP contribution in [0.15, 0.2) is 24.4 Å². The summed E-state index contributed by atoms with van der Waals surface area (Å²) in [5.41, 5.74) is -4.34. The first-order valence-corrected chi connectivity index (χ1v) is 6.62. The molecule has 0 saturated heterocycles. The molecular formula is C14H9F6N3O3. The Kier molecular flexibility index (Phi) is 4.96. The van der Waals surface area contributed by atoms with Gasteiger partial charge in [0.05, 0.1) is 12.7 Å². The number of carbonyl (C=O) groups is 1. The van der Waals surface area contributed by atoms with Gasteiger partial charge in [0, 0.05) is 18.0 Å². The van der Waals surface area contributed by atoms with Crippen LogP contribution in [0.4, 0.5) is 38.0 Å². The van der Waals surface area contributed by atoms with Crippen LogP contribution in [0.2, 0.25) is 0 Å². The molecular weight excluding hydrogens is 372 g/mol. The zero-order chi connectivity index (χ0) is 19.7. The Morgan fingerprint density at radius 3 is 2.27 bits per heavy atom. The highest BCUT2D eigenvalue weighted by Gasteiger charge is 2.38. The van der Waals surface area contributed by atoms with Crippen LogP contribution < -0.4 is 10.1 Å². The number of nitrogens with one attached hydrogen (secondary N) is 1. The lowest BCUT2D eigenvalue weighted by molar-refractivity contribution is -0.141. The molecule has 1 aromatic heterocycles. The lowest BCUT2D eigenvalue weighted by atomic mass is 10.2. The summed E-state index contributed by atoms with van der Waals surface area (Å²) < 4.78 is 82.0. The predicted octanol–water partition coefficient (Wildman–Crippen LogP) is 3.96. The lowest BCUT2D eigenvalue weighted by Crippen LogP contribution is -2.17. The van der Waals surface area contributed by atoms with E-state index in [-0.39, 0.29) is 11.4 Å². The van der Waals surface area contributed by atoms with Crippen molar-refractivity contribution in [3.8, 4) is 5.75 Å². The Hall–Kier alpha value is -3.05. The van der Waals surface area contributed by atoms with Gasteiger partial charge in [-0.05, 0) is 12.1 Å². The minimum Gasteiger partial charge on any atom is -0.497 e. The number of aromatic carboxylic acids is 1. The number of aromatic nitrogens is 2. The molecule has 26 heavy (non-hydrogen) atoms. The van der Waals surface area contributed by atoms with Gasteiger partial charge in [0.15, 0.2) is 5.69 Å². The first-order valence-electron chi connectivity index (χ1n) is 6.62. The highest BCUT2D eigenvalue weighted by Crippen LogP contribution is 2.35. The van der Waals surface area contributed by atoms with E-state index in [1.54, 1.807) is 0 Å². The van der Waals surface area contributed by atoms with E-state index in [0.29, 0.717) is 18.3 Å². The molecule has 1 aromatic carbocycles.